The van der Waals surface area contributed by atoms with E-state index in [1.165, 1.54) is 6.07 Å². The van der Waals surface area contributed by atoms with Crippen molar-refractivity contribution in [3.63, 3.8) is 0 Å². The first-order valence-corrected chi connectivity index (χ1v) is 6.64. The minimum Gasteiger partial charge on any atom is -0.312 e. The number of nitrogens with zero attached hydrogens (tertiary/aromatic N) is 1. The van der Waals surface area contributed by atoms with Gasteiger partial charge in [-0.1, -0.05) is 6.92 Å². The lowest BCUT2D eigenvalue weighted by Crippen LogP contribution is -2.44. The number of carbonyl (C=O) groups excluding carboxylic acids is 2. The highest BCUT2D eigenvalue weighted by atomic mass is 19.1. The van der Waals surface area contributed by atoms with Gasteiger partial charge in [0.25, 0.3) is 0 Å². The Morgan fingerprint density at radius 2 is 2.21 bits per heavy atom. The topological polar surface area (TPSA) is 37.4 Å². The minimum absolute atomic E-state index is 0.00599. The zero-order chi connectivity index (χ0) is 14.0. The Bertz CT molecular complexity index is 513. The van der Waals surface area contributed by atoms with Crippen molar-refractivity contribution in [1.82, 2.24) is 0 Å². The van der Waals surface area contributed by atoms with Crippen LogP contribution >= 0.6 is 0 Å². The first-order chi connectivity index (χ1) is 9.04. The fourth-order valence-electron chi connectivity index (χ4n) is 2.47. The summed E-state index contributed by atoms with van der Waals surface area (Å²) >= 11 is 0. The summed E-state index contributed by atoms with van der Waals surface area (Å²) in [5.74, 6) is -0.962. The number of hydrogen-bond acceptors (Lipinski definition) is 2. The van der Waals surface area contributed by atoms with Crippen molar-refractivity contribution in [3.8, 4) is 0 Å². The van der Waals surface area contributed by atoms with Gasteiger partial charge in [0.05, 0.1) is 5.92 Å². The maximum absolute atomic E-state index is 13.3. The van der Waals surface area contributed by atoms with Crippen LogP contribution in [0.3, 0.4) is 0 Å². The molecule has 1 heterocycles. The largest absolute Gasteiger partial charge is 0.312 e. The molecule has 1 fully saturated rings. The second kappa shape index (κ2) is 5.51. The van der Waals surface area contributed by atoms with Crippen molar-refractivity contribution in [2.75, 3.05) is 11.4 Å². The molecule has 1 aliphatic heterocycles. The summed E-state index contributed by atoms with van der Waals surface area (Å²) in [5, 5.41) is 0. The van der Waals surface area contributed by atoms with Gasteiger partial charge in [-0.2, -0.15) is 0 Å². The summed E-state index contributed by atoms with van der Waals surface area (Å²) in [4.78, 5) is 25.7. The van der Waals surface area contributed by atoms with Crippen molar-refractivity contribution in [1.29, 1.82) is 0 Å². The fourth-order valence-corrected chi connectivity index (χ4v) is 2.47. The molecule has 1 atom stereocenters. The molecule has 0 spiro atoms. The van der Waals surface area contributed by atoms with E-state index in [1.807, 2.05) is 0 Å². The molecule has 1 aromatic carbocycles. The molecule has 0 aliphatic carbocycles. The average Bonchev–Trinajstić information content (AvgIpc) is 2.41. The Hall–Kier alpha value is -1.71. The third kappa shape index (κ3) is 2.67. The molecular weight excluding hydrogens is 245 g/mol. The van der Waals surface area contributed by atoms with Gasteiger partial charge in [-0.25, -0.2) is 4.39 Å². The molecular formula is C15H18FNO2. The zero-order valence-corrected chi connectivity index (χ0v) is 11.3. The van der Waals surface area contributed by atoms with E-state index in [2.05, 4.69) is 0 Å². The van der Waals surface area contributed by atoms with E-state index in [9.17, 15) is 14.0 Å². The summed E-state index contributed by atoms with van der Waals surface area (Å²) in [6, 6.07) is 4.62. The molecule has 0 bridgehead atoms. The molecule has 0 N–H and O–H groups in total. The summed E-state index contributed by atoms with van der Waals surface area (Å²) in [6.07, 6.45) is 1.81. The quantitative estimate of drug-likeness (QED) is 0.786. The summed E-state index contributed by atoms with van der Waals surface area (Å²) < 4.78 is 13.3. The fraction of sp³-hybridized carbons (Fsp3) is 0.467. The first kappa shape index (κ1) is 13.7. The molecule has 0 saturated carbocycles. The van der Waals surface area contributed by atoms with Crippen molar-refractivity contribution in [3.05, 3.63) is 29.6 Å². The van der Waals surface area contributed by atoms with E-state index in [0.29, 0.717) is 30.6 Å². The lowest BCUT2D eigenvalue weighted by molar-refractivity contribution is -0.133. The van der Waals surface area contributed by atoms with Gasteiger partial charge in [0.2, 0.25) is 5.91 Å². The third-order valence-corrected chi connectivity index (χ3v) is 3.63. The van der Waals surface area contributed by atoms with Crippen LogP contribution in [0.1, 0.15) is 31.7 Å². The molecule has 102 valence electrons. The summed E-state index contributed by atoms with van der Waals surface area (Å²) in [7, 11) is 0. The van der Waals surface area contributed by atoms with Gasteiger partial charge in [-0.3, -0.25) is 9.59 Å². The van der Waals surface area contributed by atoms with Crippen molar-refractivity contribution in [2.24, 2.45) is 5.92 Å². The van der Waals surface area contributed by atoms with Crippen molar-refractivity contribution in [2.45, 2.75) is 33.1 Å². The number of hydrogen-bond donors (Lipinski definition) is 0. The Balaban J connectivity index is 2.26. The summed E-state index contributed by atoms with van der Waals surface area (Å²) in [6.45, 7) is 4.04. The van der Waals surface area contributed by atoms with Crippen molar-refractivity contribution < 1.29 is 14.0 Å². The van der Waals surface area contributed by atoms with E-state index in [1.54, 1.807) is 30.9 Å². The van der Waals surface area contributed by atoms with Crippen LogP contribution in [0.15, 0.2) is 18.2 Å². The Kier molecular flexibility index (Phi) is 3.98. The van der Waals surface area contributed by atoms with E-state index >= 15 is 0 Å². The molecule has 3 nitrogen and oxygen atoms in total. The van der Waals surface area contributed by atoms with Gasteiger partial charge in [-0.15, -0.1) is 0 Å². The molecule has 1 saturated heterocycles. The van der Waals surface area contributed by atoms with Crippen molar-refractivity contribution >= 4 is 17.4 Å². The predicted molar refractivity (Wildman–Crippen MR) is 71.5 cm³/mol. The SMILES string of the molecule is CCC(=O)[C@@H]1CCCN(c2ccc(F)c(C)c2)C1=O. The molecule has 1 aromatic rings. The number of halogens is 1. The molecule has 0 radical (unpaired) electrons. The molecule has 4 heteroatoms. The Morgan fingerprint density at radius 1 is 1.47 bits per heavy atom. The van der Waals surface area contributed by atoms with Crippen LogP contribution in [0.5, 0.6) is 0 Å². The normalized spacial score (nSPS) is 19.6. The number of aryl methyl sites for hydroxylation is 1. The summed E-state index contributed by atoms with van der Waals surface area (Å²) in [5.41, 5.74) is 1.19. The highest BCUT2D eigenvalue weighted by Gasteiger charge is 2.33. The Labute approximate surface area is 112 Å². The number of anilines is 1. The van der Waals surface area contributed by atoms with Crippen LogP contribution in [0, 0.1) is 18.7 Å². The molecule has 2 rings (SSSR count). The highest BCUT2D eigenvalue weighted by Crippen LogP contribution is 2.26. The third-order valence-electron chi connectivity index (χ3n) is 3.63. The number of amides is 1. The monoisotopic (exact) mass is 263 g/mol. The van der Waals surface area contributed by atoms with Crippen LogP contribution in [0.4, 0.5) is 10.1 Å². The van der Waals surface area contributed by atoms with Gasteiger partial charge in [0, 0.05) is 18.7 Å². The lowest BCUT2D eigenvalue weighted by atomic mass is 9.91. The van der Waals surface area contributed by atoms with Gasteiger partial charge in [0.1, 0.15) is 11.6 Å². The standard InChI is InChI=1S/C15H18FNO2/c1-3-14(18)12-5-4-8-17(15(12)19)11-6-7-13(16)10(2)9-11/h6-7,9,12H,3-5,8H2,1-2H3/t12-/m0/s1. The van der Waals surface area contributed by atoms with Gasteiger partial charge in [0.15, 0.2) is 0 Å². The van der Waals surface area contributed by atoms with Crippen LogP contribution in [0.2, 0.25) is 0 Å². The highest BCUT2D eigenvalue weighted by molar-refractivity contribution is 6.08. The number of Topliss-reactive ketones (excluding diaryl/α,β-unsaturated/α-hetero) is 1. The average molecular weight is 263 g/mol. The van der Waals surface area contributed by atoms with Gasteiger partial charge < -0.3 is 4.90 Å². The minimum atomic E-state index is -0.524. The van der Waals surface area contributed by atoms with Crippen LogP contribution in [-0.4, -0.2) is 18.2 Å². The maximum atomic E-state index is 13.3. The van der Waals surface area contributed by atoms with Gasteiger partial charge in [-0.05, 0) is 43.5 Å². The lowest BCUT2D eigenvalue weighted by Gasteiger charge is -2.31. The molecule has 0 aromatic heterocycles. The van der Waals surface area contributed by atoms with E-state index in [0.717, 1.165) is 6.42 Å². The second-order valence-corrected chi connectivity index (χ2v) is 4.94. The molecule has 1 amide bonds. The maximum Gasteiger partial charge on any atom is 0.237 e. The number of rotatable bonds is 3. The van der Waals surface area contributed by atoms with Gasteiger partial charge >= 0.3 is 0 Å². The van der Waals surface area contributed by atoms with E-state index in [-0.39, 0.29) is 17.5 Å². The number of benzene rings is 1. The smallest absolute Gasteiger partial charge is 0.237 e. The number of ketones is 1. The van der Waals surface area contributed by atoms with Crippen LogP contribution < -0.4 is 4.90 Å². The Morgan fingerprint density at radius 3 is 2.84 bits per heavy atom. The molecule has 0 unspecified atom stereocenters. The van der Waals surface area contributed by atoms with Crippen LogP contribution in [0.25, 0.3) is 0 Å². The second-order valence-electron chi connectivity index (χ2n) is 4.94. The van der Waals surface area contributed by atoms with E-state index in [4.69, 9.17) is 0 Å². The number of piperidine rings is 1. The molecule has 1 aliphatic rings. The van der Waals surface area contributed by atoms with E-state index < -0.39 is 5.92 Å². The predicted octanol–water partition coefficient (Wildman–Crippen LogP) is 2.86. The van der Waals surface area contributed by atoms with Crippen LogP contribution in [-0.2, 0) is 9.59 Å². The number of carbonyl (C=O) groups is 2. The first-order valence-electron chi connectivity index (χ1n) is 6.64. The molecule has 19 heavy (non-hydrogen) atoms. The zero-order valence-electron chi connectivity index (χ0n) is 11.3.